The van der Waals surface area contributed by atoms with E-state index >= 15 is 0 Å². The molecule has 1 aromatic rings. The van der Waals surface area contributed by atoms with E-state index in [1.807, 2.05) is 23.9 Å². The van der Waals surface area contributed by atoms with Gasteiger partial charge in [-0.05, 0) is 31.6 Å². The third-order valence-electron chi connectivity index (χ3n) is 3.49. The molecular weight excluding hydrogens is 230 g/mol. The summed E-state index contributed by atoms with van der Waals surface area (Å²) in [5, 5.41) is 4.50. The molecule has 1 aliphatic rings. The zero-order valence-electron chi connectivity index (χ0n) is 10.6. The second-order valence-corrected chi connectivity index (χ2v) is 5.70. The van der Waals surface area contributed by atoms with Gasteiger partial charge in [0.05, 0.1) is 7.11 Å². The number of thioether (sulfide) groups is 1. The molecule has 0 aromatic heterocycles. The van der Waals surface area contributed by atoms with Crippen LogP contribution in [0.4, 0.5) is 0 Å². The standard InChI is InChI=1S/C14H21NOS/c1-16-14-6-4-3-5-11(14)10-15-12-7-8-13(9-12)17-2/h3-6,12-13,15H,7-10H2,1-2H3. The Morgan fingerprint density at radius 3 is 2.88 bits per heavy atom. The van der Waals surface area contributed by atoms with Gasteiger partial charge in [0.2, 0.25) is 0 Å². The van der Waals surface area contributed by atoms with Crippen LogP contribution in [0.5, 0.6) is 5.75 Å². The minimum atomic E-state index is 0.678. The number of methoxy groups -OCH3 is 1. The van der Waals surface area contributed by atoms with Crippen molar-refractivity contribution in [3.05, 3.63) is 29.8 Å². The SMILES string of the molecule is COc1ccccc1CNC1CCC(SC)C1. The summed E-state index contributed by atoms with van der Waals surface area (Å²) in [6.07, 6.45) is 6.18. The second kappa shape index (κ2) is 6.31. The average Bonchev–Trinajstić information content (AvgIpc) is 2.84. The molecule has 94 valence electrons. The van der Waals surface area contributed by atoms with Crippen LogP contribution in [0, 0.1) is 0 Å². The van der Waals surface area contributed by atoms with Gasteiger partial charge >= 0.3 is 0 Å². The highest BCUT2D eigenvalue weighted by molar-refractivity contribution is 7.99. The van der Waals surface area contributed by atoms with Crippen molar-refractivity contribution >= 4 is 11.8 Å². The van der Waals surface area contributed by atoms with Gasteiger partial charge < -0.3 is 10.1 Å². The number of hydrogen-bond donors (Lipinski definition) is 1. The van der Waals surface area contributed by atoms with Crippen LogP contribution in [0.1, 0.15) is 24.8 Å². The Kier molecular flexibility index (Phi) is 4.75. The number of ether oxygens (including phenoxy) is 1. The molecule has 0 heterocycles. The van der Waals surface area contributed by atoms with Crippen LogP contribution >= 0.6 is 11.8 Å². The highest BCUT2D eigenvalue weighted by Crippen LogP contribution is 2.28. The van der Waals surface area contributed by atoms with Crippen molar-refractivity contribution in [2.75, 3.05) is 13.4 Å². The Morgan fingerprint density at radius 1 is 1.35 bits per heavy atom. The van der Waals surface area contributed by atoms with E-state index < -0.39 is 0 Å². The molecule has 3 heteroatoms. The quantitative estimate of drug-likeness (QED) is 0.869. The highest BCUT2D eigenvalue weighted by Gasteiger charge is 2.23. The third kappa shape index (κ3) is 3.39. The molecule has 1 aromatic carbocycles. The van der Waals surface area contributed by atoms with Crippen molar-refractivity contribution in [1.29, 1.82) is 0 Å². The second-order valence-electron chi connectivity index (χ2n) is 4.56. The minimum Gasteiger partial charge on any atom is -0.496 e. The molecule has 1 saturated carbocycles. The molecule has 1 N–H and O–H groups in total. The molecule has 2 nitrogen and oxygen atoms in total. The van der Waals surface area contributed by atoms with Crippen LogP contribution in [0.15, 0.2) is 24.3 Å². The number of hydrogen-bond acceptors (Lipinski definition) is 3. The Hall–Kier alpha value is -0.670. The van der Waals surface area contributed by atoms with Gasteiger partial charge in [-0.1, -0.05) is 18.2 Å². The molecule has 2 unspecified atom stereocenters. The summed E-state index contributed by atoms with van der Waals surface area (Å²) in [6, 6.07) is 8.92. The van der Waals surface area contributed by atoms with Crippen LogP contribution in [0.2, 0.25) is 0 Å². The number of nitrogens with one attached hydrogen (secondary N) is 1. The fraction of sp³-hybridized carbons (Fsp3) is 0.571. The summed E-state index contributed by atoms with van der Waals surface area (Å²) in [6.45, 7) is 0.912. The van der Waals surface area contributed by atoms with Crippen LogP contribution in [-0.2, 0) is 6.54 Å². The molecule has 0 radical (unpaired) electrons. The zero-order chi connectivity index (χ0) is 12.1. The first-order valence-electron chi connectivity index (χ1n) is 6.21. The lowest BCUT2D eigenvalue weighted by atomic mass is 10.1. The molecule has 2 atom stereocenters. The van der Waals surface area contributed by atoms with Gasteiger partial charge in [-0.2, -0.15) is 11.8 Å². The minimum absolute atomic E-state index is 0.678. The number of rotatable bonds is 5. The van der Waals surface area contributed by atoms with Crippen molar-refractivity contribution in [1.82, 2.24) is 5.32 Å². The Balaban J connectivity index is 1.85. The van der Waals surface area contributed by atoms with Crippen LogP contribution in [-0.4, -0.2) is 24.7 Å². The lowest BCUT2D eigenvalue weighted by molar-refractivity contribution is 0.405. The van der Waals surface area contributed by atoms with Crippen LogP contribution in [0.3, 0.4) is 0 Å². The summed E-state index contributed by atoms with van der Waals surface area (Å²) >= 11 is 2.00. The predicted octanol–water partition coefficient (Wildman–Crippen LogP) is 3.07. The fourth-order valence-corrected chi connectivity index (χ4v) is 3.24. The lowest BCUT2D eigenvalue weighted by Crippen LogP contribution is -2.26. The van der Waals surface area contributed by atoms with Gasteiger partial charge in [0.15, 0.2) is 0 Å². The Morgan fingerprint density at radius 2 is 2.18 bits per heavy atom. The fourth-order valence-electron chi connectivity index (χ4n) is 2.44. The van der Waals surface area contributed by atoms with Gasteiger partial charge in [0.1, 0.15) is 5.75 Å². The topological polar surface area (TPSA) is 21.3 Å². The van der Waals surface area contributed by atoms with Gasteiger partial charge in [0, 0.05) is 23.4 Å². The maximum absolute atomic E-state index is 5.36. The smallest absolute Gasteiger partial charge is 0.123 e. The molecule has 0 spiro atoms. The van der Waals surface area contributed by atoms with E-state index in [0.717, 1.165) is 17.5 Å². The number of benzene rings is 1. The maximum atomic E-state index is 5.36. The molecule has 0 amide bonds. The molecule has 0 aliphatic heterocycles. The summed E-state index contributed by atoms with van der Waals surface area (Å²) in [5.41, 5.74) is 1.25. The zero-order valence-corrected chi connectivity index (χ0v) is 11.4. The van der Waals surface area contributed by atoms with Crippen molar-refractivity contribution in [3.63, 3.8) is 0 Å². The molecule has 2 rings (SSSR count). The van der Waals surface area contributed by atoms with E-state index in [-0.39, 0.29) is 0 Å². The predicted molar refractivity (Wildman–Crippen MR) is 74.8 cm³/mol. The molecule has 0 saturated heterocycles. The van der Waals surface area contributed by atoms with E-state index in [9.17, 15) is 0 Å². The van der Waals surface area contributed by atoms with E-state index in [1.165, 1.54) is 24.8 Å². The Labute approximate surface area is 108 Å². The van der Waals surface area contributed by atoms with Crippen molar-refractivity contribution in [2.24, 2.45) is 0 Å². The van der Waals surface area contributed by atoms with E-state index in [1.54, 1.807) is 7.11 Å². The maximum Gasteiger partial charge on any atom is 0.123 e. The summed E-state index contributed by atoms with van der Waals surface area (Å²) < 4.78 is 5.36. The summed E-state index contributed by atoms with van der Waals surface area (Å²) in [4.78, 5) is 0. The van der Waals surface area contributed by atoms with Crippen molar-refractivity contribution < 1.29 is 4.74 Å². The van der Waals surface area contributed by atoms with Gasteiger partial charge in [0.25, 0.3) is 0 Å². The average molecular weight is 251 g/mol. The summed E-state index contributed by atoms with van der Waals surface area (Å²) in [5.74, 6) is 0.986. The monoisotopic (exact) mass is 251 g/mol. The van der Waals surface area contributed by atoms with Crippen molar-refractivity contribution in [2.45, 2.75) is 37.1 Å². The first kappa shape index (κ1) is 12.8. The van der Waals surface area contributed by atoms with Gasteiger partial charge in [-0.3, -0.25) is 0 Å². The normalized spacial score (nSPS) is 23.9. The van der Waals surface area contributed by atoms with Crippen LogP contribution < -0.4 is 10.1 Å². The molecule has 1 fully saturated rings. The van der Waals surface area contributed by atoms with Gasteiger partial charge in [-0.25, -0.2) is 0 Å². The van der Waals surface area contributed by atoms with Gasteiger partial charge in [-0.15, -0.1) is 0 Å². The number of para-hydroxylation sites is 1. The molecular formula is C14H21NOS. The largest absolute Gasteiger partial charge is 0.496 e. The van der Waals surface area contributed by atoms with E-state index in [4.69, 9.17) is 4.74 Å². The van der Waals surface area contributed by atoms with Crippen LogP contribution in [0.25, 0.3) is 0 Å². The summed E-state index contributed by atoms with van der Waals surface area (Å²) in [7, 11) is 1.73. The molecule has 17 heavy (non-hydrogen) atoms. The Bertz CT molecular complexity index is 356. The van der Waals surface area contributed by atoms with Crippen molar-refractivity contribution in [3.8, 4) is 5.75 Å². The lowest BCUT2D eigenvalue weighted by Gasteiger charge is -2.14. The third-order valence-corrected chi connectivity index (χ3v) is 4.59. The first-order valence-corrected chi connectivity index (χ1v) is 7.50. The first-order chi connectivity index (χ1) is 8.33. The molecule has 1 aliphatic carbocycles. The molecule has 0 bridgehead atoms. The highest BCUT2D eigenvalue weighted by atomic mass is 32.2. The van der Waals surface area contributed by atoms with E-state index in [0.29, 0.717) is 6.04 Å². The van der Waals surface area contributed by atoms with E-state index in [2.05, 4.69) is 23.7 Å².